The molecule has 17 rings (SSSR count). The highest BCUT2D eigenvalue weighted by Crippen LogP contribution is 2.48. The van der Waals surface area contributed by atoms with Gasteiger partial charge in [-0.05, 0) is 152 Å². The van der Waals surface area contributed by atoms with Crippen LogP contribution in [0.2, 0.25) is 10.0 Å². The van der Waals surface area contributed by atoms with Crippen molar-refractivity contribution in [1.82, 2.24) is 0 Å². The van der Waals surface area contributed by atoms with Crippen LogP contribution in [0, 0.1) is 0 Å². The lowest BCUT2D eigenvalue weighted by Crippen LogP contribution is -2.74. The van der Waals surface area contributed by atoms with Gasteiger partial charge in [0.2, 0.25) is 0 Å². The van der Waals surface area contributed by atoms with Gasteiger partial charge in [-0.25, -0.2) is 0 Å². The molecule has 2 aromatic heterocycles. The van der Waals surface area contributed by atoms with Crippen molar-refractivity contribution in [3.63, 3.8) is 0 Å². The zero-order valence-corrected chi connectivity index (χ0v) is 60.3. The number of hydrogen-bond acceptors (Lipinski definition) is 6. The van der Waals surface area contributed by atoms with Crippen molar-refractivity contribution in [2.24, 2.45) is 0 Å². The summed E-state index contributed by atoms with van der Waals surface area (Å²) in [6, 6.07) is 116. The summed E-state index contributed by atoms with van der Waals surface area (Å²) >= 11 is 34.4. The first-order valence-corrected chi connectivity index (χ1v) is 40.0. The quantitative estimate of drug-likeness (QED) is 0.100. The highest BCUT2D eigenvalue weighted by Gasteiger charge is 2.42. The van der Waals surface area contributed by atoms with Crippen molar-refractivity contribution >= 4 is 201 Å². The summed E-state index contributed by atoms with van der Waals surface area (Å²) in [5.41, 5.74) is 8.77. The number of benzene rings is 14. The second-order valence-electron chi connectivity index (χ2n) is 23.4. The van der Waals surface area contributed by atoms with Crippen LogP contribution in [0.4, 0.5) is 34.1 Å². The zero-order chi connectivity index (χ0) is 66.7. The maximum absolute atomic E-state index is 7.26. The van der Waals surface area contributed by atoms with Crippen LogP contribution in [0.25, 0.3) is 43.9 Å². The SMILES string of the molecule is Cl[Si](Cl)(c1ccccc1)c1ccccc1.Clc1c(Oc2cccc(Br)c2)cccc1N(c1cccc(Br)c1)c1ccc2c(c1)oc1ccccc12.Clc1c2cccc1N(c1ccc3c(c1)oc1ccccc13)c1cccc(c1)[Si](c1ccccc1)(c1ccccc1)c1cccc(c1)O2. The van der Waals surface area contributed by atoms with Crippen LogP contribution in [-0.4, -0.2) is 14.8 Å². The summed E-state index contributed by atoms with van der Waals surface area (Å²) in [5.74, 6) is 2.61. The molecule has 6 nitrogen and oxygen atoms in total. The van der Waals surface area contributed by atoms with Gasteiger partial charge in [-0.1, -0.05) is 261 Å². The number of fused-ring (bicyclic) bond motifs is 12. The normalized spacial score (nSPS) is 12.3. The molecule has 14 heteroatoms. The molecular weight excluding hydrogens is 1460 g/mol. The van der Waals surface area contributed by atoms with E-state index in [-0.39, 0.29) is 0 Å². The van der Waals surface area contributed by atoms with E-state index >= 15 is 0 Å². The van der Waals surface area contributed by atoms with Crippen molar-refractivity contribution in [3.05, 3.63) is 359 Å². The number of anilines is 6. The molecule has 476 valence electrons. The third-order valence-electron chi connectivity index (χ3n) is 17.4. The van der Waals surface area contributed by atoms with Gasteiger partial charge in [0.1, 0.15) is 55.4 Å². The van der Waals surface area contributed by atoms with Crippen LogP contribution in [0.5, 0.6) is 23.0 Å². The molecule has 0 saturated carbocycles. The first-order valence-electron chi connectivity index (χ1n) is 31.7. The highest BCUT2D eigenvalue weighted by molar-refractivity contribution is 9.10. The summed E-state index contributed by atoms with van der Waals surface area (Å²) in [6.45, 7) is -2.51. The van der Waals surface area contributed by atoms with Gasteiger partial charge >= 0.3 is 6.69 Å². The zero-order valence-electron chi connectivity index (χ0n) is 52.1. The first kappa shape index (κ1) is 64.4. The predicted molar refractivity (Wildman–Crippen MR) is 422 cm³/mol. The fourth-order valence-electron chi connectivity index (χ4n) is 13.0. The Kier molecular flexibility index (Phi) is 18.5. The van der Waals surface area contributed by atoms with Crippen LogP contribution in [-0.2, 0) is 0 Å². The Morgan fingerprint density at radius 3 is 1.52 bits per heavy atom. The van der Waals surface area contributed by atoms with Gasteiger partial charge in [0.05, 0.1) is 11.4 Å². The molecule has 1 aliphatic heterocycles. The molecule has 0 atom stereocenters. The molecule has 0 amide bonds. The van der Waals surface area contributed by atoms with Gasteiger partial charge in [-0.3, -0.25) is 0 Å². The van der Waals surface area contributed by atoms with Gasteiger partial charge in [0, 0.05) is 65.4 Å². The Balaban J connectivity index is 0.000000135. The summed E-state index contributed by atoms with van der Waals surface area (Å²) in [7, 11) is -2.85. The average molecular weight is 1520 g/mol. The molecule has 0 fully saturated rings. The Morgan fingerprint density at radius 1 is 0.378 bits per heavy atom. The Morgan fingerprint density at radius 2 is 0.878 bits per heavy atom. The topological polar surface area (TPSA) is 51.2 Å². The molecule has 0 radical (unpaired) electrons. The number of ether oxygens (including phenoxy) is 2. The monoisotopic (exact) mass is 1510 g/mol. The minimum absolute atomic E-state index is 0.502. The van der Waals surface area contributed by atoms with E-state index in [0.29, 0.717) is 27.3 Å². The third-order valence-corrected chi connectivity index (χ3v) is 28.7. The van der Waals surface area contributed by atoms with Crippen LogP contribution in [0.15, 0.2) is 357 Å². The number of halogens is 6. The van der Waals surface area contributed by atoms with Crippen molar-refractivity contribution in [1.29, 1.82) is 0 Å². The molecule has 98 heavy (non-hydrogen) atoms. The Hall–Kier alpha value is -9.57. The van der Waals surface area contributed by atoms with Crippen molar-refractivity contribution in [2.45, 2.75) is 0 Å². The van der Waals surface area contributed by atoms with E-state index in [1.807, 2.05) is 182 Å². The number of para-hydroxylation sites is 2. The lowest BCUT2D eigenvalue weighted by Gasteiger charge is -2.36. The standard InChI is InChI=1S/C42H28ClNO2Si.C30H18Br2ClNO2.C12H10Cl2Si/c43-42-38-21-11-23-40(42)45-31-13-10-19-35(28-31)47(32-14-3-1-4-15-32,33-16-5-2-6-17-33)34-18-9-12-29(26-34)44(38)30-24-25-37-36-20-7-8-22-39(36)46-41(37)27-30;31-19-6-3-8-21(16-19)34(22-14-15-25-24-10-1-2-12-27(24)36-29(25)18-22)26-11-5-13-28(30(26)33)35-23-9-4-7-20(32)17-23;13-15(14,11-7-3-1-4-8-11)12-9-5-2-6-10-12/h1-28H;1-18H;1-10H. The van der Waals surface area contributed by atoms with Crippen LogP contribution < -0.4 is 50.4 Å². The molecule has 0 saturated heterocycles. The first-order chi connectivity index (χ1) is 48.0. The molecule has 1 aliphatic rings. The van der Waals surface area contributed by atoms with E-state index < -0.39 is 14.8 Å². The molecular formula is C84H56Br2Cl4N2O4Si2. The summed E-state index contributed by atoms with van der Waals surface area (Å²) < 4.78 is 27.2. The fraction of sp³-hybridized carbons (Fsp3) is 0. The lowest BCUT2D eigenvalue weighted by molar-refractivity contribution is 0.482. The van der Waals surface area contributed by atoms with E-state index in [4.69, 9.17) is 63.7 Å². The predicted octanol–water partition coefficient (Wildman–Crippen LogP) is 22.9. The summed E-state index contributed by atoms with van der Waals surface area (Å²) in [4.78, 5) is 4.32. The van der Waals surface area contributed by atoms with E-state index in [1.54, 1.807) is 0 Å². The number of hydrogen-bond donors (Lipinski definition) is 0. The number of furan rings is 2. The van der Waals surface area contributed by atoms with Crippen molar-refractivity contribution < 1.29 is 18.3 Å². The highest BCUT2D eigenvalue weighted by atomic mass is 79.9. The van der Waals surface area contributed by atoms with E-state index in [0.717, 1.165) is 103 Å². The molecule has 0 N–H and O–H groups in total. The maximum atomic E-state index is 7.26. The van der Waals surface area contributed by atoms with Crippen molar-refractivity contribution in [2.75, 3.05) is 9.80 Å². The van der Waals surface area contributed by atoms with Crippen molar-refractivity contribution in [3.8, 4) is 23.0 Å². The fourth-order valence-corrected chi connectivity index (χ4v) is 22.1. The molecule has 0 spiro atoms. The Labute approximate surface area is 605 Å². The minimum atomic E-state index is -2.85. The van der Waals surface area contributed by atoms with Crippen LogP contribution >= 0.6 is 77.2 Å². The molecule has 14 aromatic carbocycles. The molecule has 6 bridgehead atoms. The third kappa shape index (κ3) is 12.8. The van der Waals surface area contributed by atoms with Gasteiger partial charge < -0.3 is 28.1 Å². The molecule has 16 aromatic rings. The number of nitrogens with zero attached hydrogens (tertiary/aromatic N) is 2. The minimum Gasteiger partial charge on any atom is -0.456 e. The van der Waals surface area contributed by atoms with E-state index in [9.17, 15) is 0 Å². The smallest absolute Gasteiger partial charge is 0.310 e. The van der Waals surface area contributed by atoms with Gasteiger partial charge in [-0.2, -0.15) is 0 Å². The van der Waals surface area contributed by atoms with Crippen LogP contribution in [0.3, 0.4) is 0 Å². The van der Waals surface area contributed by atoms with Gasteiger partial charge in [0.25, 0.3) is 0 Å². The molecule has 3 heterocycles. The largest absolute Gasteiger partial charge is 0.456 e. The van der Waals surface area contributed by atoms with Crippen LogP contribution in [0.1, 0.15) is 0 Å². The second-order valence-corrected chi connectivity index (χ2v) is 36.1. The van der Waals surface area contributed by atoms with E-state index in [1.165, 1.54) is 20.7 Å². The summed E-state index contributed by atoms with van der Waals surface area (Å²) in [5, 5.41) is 12.5. The lowest BCUT2D eigenvalue weighted by atomic mass is 10.1. The molecule has 0 aliphatic carbocycles. The average Bonchev–Trinajstić information content (AvgIpc) is 0.780. The maximum Gasteiger partial charge on any atom is 0.310 e. The Bertz CT molecular complexity index is 5470. The van der Waals surface area contributed by atoms with Gasteiger partial charge in [0.15, 0.2) is 8.07 Å². The number of rotatable bonds is 10. The second kappa shape index (κ2) is 28.1. The summed E-state index contributed by atoms with van der Waals surface area (Å²) in [6.07, 6.45) is 0. The van der Waals surface area contributed by atoms with Gasteiger partial charge in [-0.15, -0.1) is 22.2 Å². The van der Waals surface area contributed by atoms with E-state index in [2.05, 4.69) is 199 Å². The molecule has 0 unspecified atom stereocenters.